The van der Waals surface area contributed by atoms with Gasteiger partial charge in [0, 0.05) is 10.8 Å². The fourth-order valence-electron chi connectivity index (χ4n) is 4.25. The quantitative estimate of drug-likeness (QED) is 0.108. The molecule has 5 rings (SSSR count). The molecule has 0 bridgehead atoms. The van der Waals surface area contributed by atoms with E-state index < -0.39 is 23.5 Å². The van der Waals surface area contributed by atoms with Gasteiger partial charge in [-0.3, -0.25) is 14.5 Å². The number of hydrogen-bond acceptors (Lipinski definition) is 8. The molecule has 7 nitrogen and oxygen atoms in total. The zero-order chi connectivity index (χ0) is 28.8. The number of allylic oxidation sites excluding steroid dienone is 1. The minimum Gasteiger partial charge on any atom is -0.503 e. The van der Waals surface area contributed by atoms with E-state index in [1.54, 1.807) is 30.3 Å². The molecule has 1 amide bonds. The lowest BCUT2D eigenvalue weighted by Crippen LogP contribution is -2.30. The Kier molecular flexibility index (Phi) is 9.18. The van der Waals surface area contributed by atoms with E-state index in [0.29, 0.717) is 33.0 Å². The van der Waals surface area contributed by atoms with Crippen LogP contribution in [0.5, 0.6) is 5.75 Å². The first-order chi connectivity index (χ1) is 19.9. The van der Waals surface area contributed by atoms with Gasteiger partial charge in [-0.05, 0) is 53.5 Å². The Balaban J connectivity index is 1.45. The van der Waals surface area contributed by atoms with E-state index in [1.807, 2.05) is 61.5 Å². The Morgan fingerprint density at radius 2 is 1.80 bits per heavy atom. The molecule has 0 saturated carbocycles. The van der Waals surface area contributed by atoms with Gasteiger partial charge in [-0.2, -0.15) is 0 Å². The van der Waals surface area contributed by atoms with Crippen LogP contribution in [0.25, 0.3) is 6.08 Å². The molecule has 1 aliphatic rings. The smallest absolute Gasteiger partial charge is 0.296 e. The van der Waals surface area contributed by atoms with E-state index in [1.165, 1.54) is 34.1 Å². The zero-order valence-electron chi connectivity index (χ0n) is 22.1. The summed E-state index contributed by atoms with van der Waals surface area (Å²) >= 11 is 8.68. The Labute approximate surface area is 251 Å². The first-order valence-corrected chi connectivity index (χ1v) is 15.1. The number of ether oxygens (including phenoxy) is 1. The van der Waals surface area contributed by atoms with Crippen LogP contribution in [-0.4, -0.2) is 33.6 Å². The molecule has 0 fully saturated rings. The number of aliphatic hydroxyl groups is 1. The molecule has 0 spiro atoms. The molecule has 1 aromatic heterocycles. The lowest BCUT2D eigenvalue weighted by molar-refractivity contribution is -0.117. The van der Waals surface area contributed by atoms with Gasteiger partial charge in [0.25, 0.3) is 5.91 Å². The largest absolute Gasteiger partial charge is 0.503 e. The maximum Gasteiger partial charge on any atom is 0.296 e. The summed E-state index contributed by atoms with van der Waals surface area (Å²) in [6.45, 7) is 2.60. The van der Waals surface area contributed by atoms with Gasteiger partial charge in [0.2, 0.25) is 5.13 Å². The van der Waals surface area contributed by atoms with Gasteiger partial charge in [-0.1, -0.05) is 102 Å². The first-order valence-electron chi connectivity index (χ1n) is 12.9. The lowest BCUT2D eigenvalue weighted by atomic mass is 9.95. The monoisotopic (exact) mass is 603 g/mol. The summed E-state index contributed by atoms with van der Waals surface area (Å²) in [5, 5.41) is 20.5. The van der Waals surface area contributed by atoms with E-state index in [4.69, 9.17) is 16.3 Å². The van der Waals surface area contributed by atoms with Gasteiger partial charge in [0.1, 0.15) is 5.75 Å². The van der Waals surface area contributed by atoms with Crippen LogP contribution in [0.4, 0.5) is 5.13 Å². The van der Waals surface area contributed by atoms with Crippen molar-refractivity contribution in [3.8, 4) is 5.75 Å². The average Bonchev–Trinajstić information content (AvgIpc) is 3.57. The highest BCUT2D eigenvalue weighted by Crippen LogP contribution is 2.43. The van der Waals surface area contributed by atoms with Crippen molar-refractivity contribution in [1.82, 2.24) is 10.2 Å². The van der Waals surface area contributed by atoms with Gasteiger partial charge in [0.15, 0.2) is 15.9 Å². The summed E-state index contributed by atoms with van der Waals surface area (Å²) in [6, 6.07) is 23.1. The van der Waals surface area contributed by atoms with Gasteiger partial charge in [0.05, 0.1) is 18.2 Å². The fraction of sp³-hybridized carbons (Fsp3) is 0.161. The lowest BCUT2D eigenvalue weighted by Gasteiger charge is -2.24. The molecular weight excluding hydrogens is 578 g/mol. The number of aromatic nitrogens is 2. The normalized spacial score (nSPS) is 15.2. The average molecular weight is 604 g/mol. The molecule has 2 heterocycles. The zero-order valence-corrected chi connectivity index (χ0v) is 24.5. The SMILES string of the molecule is CCCOc1ccc(C2C(C(=O)C=Cc3ccccc3)=C(O)C(=O)N2c2nnc(SCc3ccc(Cl)cc3)s2)cc1. The number of aliphatic hydroxyl groups excluding tert-OH is 1. The molecule has 10 heteroatoms. The molecule has 1 atom stereocenters. The molecule has 1 N–H and O–H groups in total. The number of amides is 1. The second-order valence-electron chi connectivity index (χ2n) is 9.13. The van der Waals surface area contributed by atoms with Crippen molar-refractivity contribution in [2.45, 2.75) is 29.5 Å². The molecule has 4 aromatic rings. The van der Waals surface area contributed by atoms with Crippen molar-refractivity contribution in [3.05, 3.63) is 118 Å². The Bertz CT molecular complexity index is 1590. The summed E-state index contributed by atoms with van der Waals surface area (Å²) < 4.78 is 6.36. The minimum atomic E-state index is -0.891. The predicted octanol–water partition coefficient (Wildman–Crippen LogP) is 7.46. The molecular formula is C31H26ClN3O4S2. The van der Waals surface area contributed by atoms with Crippen LogP contribution in [0.1, 0.15) is 36.1 Å². The number of carbonyl (C=O) groups excluding carboxylic acids is 2. The van der Waals surface area contributed by atoms with Crippen molar-refractivity contribution >= 4 is 57.6 Å². The third kappa shape index (κ3) is 6.70. The molecule has 3 aromatic carbocycles. The summed E-state index contributed by atoms with van der Waals surface area (Å²) in [5.41, 5.74) is 2.50. The molecule has 0 radical (unpaired) electrons. The summed E-state index contributed by atoms with van der Waals surface area (Å²) in [7, 11) is 0. The maximum atomic E-state index is 13.5. The van der Waals surface area contributed by atoms with Crippen LogP contribution < -0.4 is 9.64 Å². The molecule has 41 heavy (non-hydrogen) atoms. The molecule has 0 saturated heterocycles. The minimum absolute atomic E-state index is 0.0185. The van der Waals surface area contributed by atoms with Crippen molar-refractivity contribution in [1.29, 1.82) is 0 Å². The van der Waals surface area contributed by atoms with E-state index in [9.17, 15) is 14.7 Å². The van der Waals surface area contributed by atoms with E-state index in [0.717, 1.165) is 17.5 Å². The van der Waals surface area contributed by atoms with Crippen LogP contribution >= 0.6 is 34.7 Å². The summed E-state index contributed by atoms with van der Waals surface area (Å²) in [4.78, 5) is 28.3. The standard InChI is InChI=1S/C31H26ClN3O4S2/c1-2-18-39-24-15-11-22(12-16-24)27-26(25(36)17-10-20-6-4-3-5-7-20)28(37)29(38)35(27)30-33-34-31(41-30)40-19-21-8-13-23(32)14-9-21/h3-17,27,37H,2,18-19H2,1H3. The topological polar surface area (TPSA) is 92.6 Å². The number of anilines is 1. The number of carbonyl (C=O) groups is 2. The van der Waals surface area contributed by atoms with Crippen LogP contribution in [0.3, 0.4) is 0 Å². The first kappa shape index (κ1) is 28.6. The number of rotatable bonds is 11. The Hall–Kier alpha value is -3.92. The van der Waals surface area contributed by atoms with Gasteiger partial charge < -0.3 is 9.84 Å². The Morgan fingerprint density at radius 3 is 2.51 bits per heavy atom. The van der Waals surface area contributed by atoms with Gasteiger partial charge in [-0.15, -0.1) is 10.2 Å². The van der Waals surface area contributed by atoms with Crippen LogP contribution in [0.15, 0.2) is 101 Å². The highest BCUT2D eigenvalue weighted by Gasteiger charge is 2.45. The number of hydrogen-bond donors (Lipinski definition) is 1. The fourth-order valence-corrected chi connectivity index (χ4v) is 6.20. The van der Waals surface area contributed by atoms with Gasteiger partial charge in [-0.25, -0.2) is 0 Å². The molecule has 1 aliphatic heterocycles. The summed E-state index contributed by atoms with van der Waals surface area (Å²) in [6.07, 6.45) is 3.90. The highest BCUT2D eigenvalue weighted by atomic mass is 35.5. The highest BCUT2D eigenvalue weighted by molar-refractivity contribution is 8.00. The van der Waals surface area contributed by atoms with E-state index in [2.05, 4.69) is 10.2 Å². The second-order valence-corrected chi connectivity index (χ2v) is 11.7. The van der Waals surface area contributed by atoms with Crippen molar-refractivity contribution in [2.24, 2.45) is 0 Å². The second kappa shape index (κ2) is 13.2. The number of thioether (sulfide) groups is 1. The number of halogens is 1. The maximum absolute atomic E-state index is 13.5. The number of benzene rings is 3. The van der Waals surface area contributed by atoms with Crippen LogP contribution in [0, 0.1) is 0 Å². The molecule has 208 valence electrons. The van der Waals surface area contributed by atoms with Gasteiger partial charge >= 0.3 is 0 Å². The third-order valence-corrected chi connectivity index (χ3v) is 8.63. The number of nitrogens with zero attached hydrogens (tertiary/aromatic N) is 3. The summed E-state index contributed by atoms with van der Waals surface area (Å²) in [5.74, 6) is -0.466. The third-order valence-electron chi connectivity index (χ3n) is 6.25. The molecule has 1 unspecified atom stereocenters. The van der Waals surface area contributed by atoms with Crippen molar-refractivity contribution in [3.63, 3.8) is 0 Å². The van der Waals surface area contributed by atoms with E-state index in [-0.39, 0.29) is 10.7 Å². The number of ketones is 1. The Morgan fingerprint density at radius 1 is 1.07 bits per heavy atom. The van der Waals surface area contributed by atoms with Crippen LogP contribution in [0.2, 0.25) is 5.02 Å². The predicted molar refractivity (Wildman–Crippen MR) is 164 cm³/mol. The van der Waals surface area contributed by atoms with E-state index >= 15 is 0 Å². The van der Waals surface area contributed by atoms with Crippen molar-refractivity contribution < 1.29 is 19.4 Å². The molecule has 0 aliphatic carbocycles. The van der Waals surface area contributed by atoms with Crippen molar-refractivity contribution in [2.75, 3.05) is 11.5 Å². The van der Waals surface area contributed by atoms with Crippen LogP contribution in [-0.2, 0) is 15.3 Å².